The van der Waals surface area contributed by atoms with Crippen molar-refractivity contribution in [2.24, 2.45) is 0 Å². The van der Waals surface area contributed by atoms with Crippen molar-refractivity contribution >= 4 is 33.2 Å². The fourth-order valence-corrected chi connectivity index (χ4v) is 5.59. The summed E-state index contributed by atoms with van der Waals surface area (Å²) in [5, 5.41) is 2.83. The molecule has 1 unspecified atom stereocenters. The smallest absolute Gasteiger partial charge is 0.243 e. The maximum atomic E-state index is 13.4. The minimum absolute atomic E-state index is 0.0193. The van der Waals surface area contributed by atoms with E-state index < -0.39 is 21.8 Å². The Labute approximate surface area is 199 Å². The number of nitrogens with zero attached hydrogens (tertiary/aromatic N) is 2. The third-order valence-corrected chi connectivity index (χ3v) is 7.82. The van der Waals surface area contributed by atoms with Gasteiger partial charge in [-0.2, -0.15) is 4.31 Å². The molecule has 1 atom stereocenters. The standard InChI is InChI=1S/C24H29N3O6S/c1-16(2)33-22-9-8-17(34(30,31)27-10-12-32-13-11-27)14-20(22)25-24(29)19-15-23(28)26(3)21-7-5-4-6-18(19)21/h4-9,14,16,19H,10-13,15H2,1-3H3,(H,25,29). The molecule has 2 heterocycles. The molecule has 4 rings (SSSR count). The second-order valence-corrected chi connectivity index (χ2v) is 10.5. The Kier molecular flexibility index (Phi) is 6.92. The fourth-order valence-electron chi connectivity index (χ4n) is 4.16. The van der Waals surface area contributed by atoms with E-state index in [1.54, 1.807) is 24.1 Å². The number of rotatable bonds is 6. The molecule has 2 aromatic carbocycles. The van der Waals surface area contributed by atoms with Crippen molar-refractivity contribution in [3.8, 4) is 5.75 Å². The minimum Gasteiger partial charge on any atom is -0.489 e. The highest BCUT2D eigenvalue weighted by molar-refractivity contribution is 7.89. The summed E-state index contributed by atoms with van der Waals surface area (Å²) in [5.41, 5.74) is 1.67. The maximum Gasteiger partial charge on any atom is 0.243 e. The molecule has 1 fully saturated rings. The second kappa shape index (κ2) is 9.73. The zero-order valence-corrected chi connectivity index (χ0v) is 20.3. The normalized spacial score (nSPS) is 19.1. The monoisotopic (exact) mass is 487 g/mol. The third-order valence-electron chi connectivity index (χ3n) is 5.92. The SMILES string of the molecule is CC(C)Oc1ccc(S(=O)(=O)N2CCOCC2)cc1NC(=O)C1CC(=O)N(C)c2ccccc21. The highest BCUT2D eigenvalue weighted by Crippen LogP contribution is 2.37. The lowest BCUT2D eigenvalue weighted by molar-refractivity contribution is -0.124. The number of ether oxygens (including phenoxy) is 2. The van der Waals surface area contributed by atoms with E-state index in [4.69, 9.17) is 9.47 Å². The van der Waals surface area contributed by atoms with Gasteiger partial charge >= 0.3 is 0 Å². The van der Waals surface area contributed by atoms with Crippen LogP contribution in [0.4, 0.5) is 11.4 Å². The van der Waals surface area contributed by atoms with E-state index in [-0.39, 0.29) is 42.1 Å². The van der Waals surface area contributed by atoms with E-state index >= 15 is 0 Å². The zero-order valence-electron chi connectivity index (χ0n) is 19.5. The Morgan fingerprint density at radius 2 is 1.85 bits per heavy atom. The number of carbonyl (C=O) groups excluding carboxylic acids is 2. The summed E-state index contributed by atoms with van der Waals surface area (Å²) in [6, 6.07) is 11.7. The first kappa shape index (κ1) is 24.2. The lowest BCUT2D eigenvalue weighted by atomic mass is 9.89. The number of amides is 2. The molecule has 2 aromatic rings. The fraction of sp³-hybridized carbons (Fsp3) is 0.417. The van der Waals surface area contributed by atoms with Crippen molar-refractivity contribution in [2.45, 2.75) is 37.2 Å². The van der Waals surface area contributed by atoms with E-state index in [0.29, 0.717) is 24.7 Å². The van der Waals surface area contributed by atoms with Gasteiger partial charge in [-0.25, -0.2) is 8.42 Å². The molecule has 182 valence electrons. The molecule has 0 spiro atoms. The van der Waals surface area contributed by atoms with Crippen LogP contribution in [0.5, 0.6) is 5.75 Å². The molecule has 9 nitrogen and oxygen atoms in total. The first-order valence-electron chi connectivity index (χ1n) is 11.2. The van der Waals surface area contributed by atoms with Crippen LogP contribution in [0, 0.1) is 0 Å². The predicted molar refractivity (Wildman–Crippen MR) is 128 cm³/mol. The number of anilines is 2. The van der Waals surface area contributed by atoms with Gasteiger partial charge in [-0.1, -0.05) is 18.2 Å². The van der Waals surface area contributed by atoms with E-state index in [2.05, 4.69) is 5.32 Å². The van der Waals surface area contributed by atoms with Crippen molar-refractivity contribution in [1.29, 1.82) is 0 Å². The number of hydrogen-bond acceptors (Lipinski definition) is 6. The molecule has 1 saturated heterocycles. The molecule has 0 saturated carbocycles. The number of carbonyl (C=O) groups is 2. The largest absolute Gasteiger partial charge is 0.489 e. The van der Waals surface area contributed by atoms with Gasteiger partial charge in [0.25, 0.3) is 0 Å². The van der Waals surface area contributed by atoms with Crippen LogP contribution in [0.1, 0.15) is 31.7 Å². The Morgan fingerprint density at radius 1 is 1.15 bits per heavy atom. The topological polar surface area (TPSA) is 105 Å². The molecule has 2 amide bonds. The molecule has 34 heavy (non-hydrogen) atoms. The van der Waals surface area contributed by atoms with Crippen LogP contribution in [0.3, 0.4) is 0 Å². The van der Waals surface area contributed by atoms with Gasteiger partial charge in [-0.3, -0.25) is 9.59 Å². The molecule has 2 aliphatic rings. The van der Waals surface area contributed by atoms with Crippen LogP contribution in [-0.2, 0) is 24.3 Å². The summed E-state index contributed by atoms with van der Waals surface area (Å²) in [4.78, 5) is 27.5. The van der Waals surface area contributed by atoms with E-state index in [1.807, 2.05) is 32.0 Å². The predicted octanol–water partition coefficient (Wildman–Crippen LogP) is 2.58. The third kappa shape index (κ3) is 4.79. The average Bonchev–Trinajstić information content (AvgIpc) is 2.82. The van der Waals surface area contributed by atoms with Crippen LogP contribution in [0.2, 0.25) is 0 Å². The number of fused-ring (bicyclic) bond motifs is 1. The van der Waals surface area contributed by atoms with Crippen molar-refractivity contribution in [3.63, 3.8) is 0 Å². The molecular weight excluding hydrogens is 458 g/mol. The van der Waals surface area contributed by atoms with Gasteiger partial charge in [0.05, 0.1) is 35.8 Å². The Hall–Kier alpha value is -2.95. The first-order chi connectivity index (χ1) is 16.2. The zero-order chi connectivity index (χ0) is 24.5. The Balaban J connectivity index is 1.67. The molecule has 10 heteroatoms. The Morgan fingerprint density at radius 3 is 2.56 bits per heavy atom. The number of sulfonamides is 1. The van der Waals surface area contributed by atoms with Gasteiger partial charge in [0.15, 0.2) is 0 Å². The summed E-state index contributed by atoms with van der Waals surface area (Å²) in [6.45, 7) is 4.89. The van der Waals surface area contributed by atoms with Crippen molar-refractivity contribution in [1.82, 2.24) is 4.31 Å². The van der Waals surface area contributed by atoms with Gasteiger partial charge in [0.2, 0.25) is 21.8 Å². The summed E-state index contributed by atoms with van der Waals surface area (Å²) in [6.07, 6.45) is -0.172. The molecule has 1 N–H and O–H groups in total. The molecule has 0 radical (unpaired) electrons. The lowest BCUT2D eigenvalue weighted by Crippen LogP contribution is -2.40. The maximum absolute atomic E-state index is 13.4. The lowest BCUT2D eigenvalue weighted by Gasteiger charge is -2.31. The van der Waals surface area contributed by atoms with Crippen LogP contribution in [0.25, 0.3) is 0 Å². The van der Waals surface area contributed by atoms with Gasteiger partial charge in [-0.15, -0.1) is 0 Å². The second-order valence-electron chi connectivity index (χ2n) is 8.60. The molecule has 0 aromatic heterocycles. The van der Waals surface area contributed by atoms with E-state index in [9.17, 15) is 18.0 Å². The summed E-state index contributed by atoms with van der Waals surface area (Å²) < 4.78 is 38.8. The summed E-state index contributed by atoms with van der Waals surface area (Å²) in [5.74, 6) is -0.910. The van der Waals surface area contributed by atoms with Crippen molar-refractivity contribution in [2.75, 3.05) is 43.6 Å². The van der Waals surface area contributed by atoms with Crippen LogP contribution >= 0.6 is 0 Å². The van der Waals surface area contributed by atoms with E-state index in [0.717, 1.165) is 5.56 Å². The van der Waals surface area contributed by atoms with Crippen LogP contribution in [-0.4, -0.2) is 64.0 Å². The van der Waals surface area contributed by atoms with Crippen LogP contribution in [0.15, 0.2) is 47.4 Å². The van der Waals surface area contributed by atoms with Gasteiger partial charge in [0.1, 0.15) is 5.75 Å². The van der Waals surface area contributed by atoms with Gasteiger partial charge in [0, 0.05) is 32.2 Å². The molecule has 2 aliphatic heterocycles. The van der Waals surface area contributed by atoms with Crippen molar-refractivity contribution in [3.05, 3.63) is 48.0 Å². The van der Waals surface area contributed by atoms with E-state index in [1.165, 1.54) is 16.4 Å². The first-order valence-corrected chi connectivity index (χ1v) is 12.7. The van der Waals surface area contributed by atoms with Gasteiger partial charge in [-0.05, 0) is 43.7 Å². The summed E-state index contributed by atoms with van der Waals surface area (Å²) in [7, 11) is -2.09. The number of benzene rings is 2. The average molecular weight is 488 g/mol. The minimum atomic E-state index is -3.77. The highest BCUT2D eigenvalue weighted by Gasteiger charge is 2.34. The number of nitrogens with one attached hydrogen (secondary N) is 1. The summed E-state index contributed by atoms with van der Waals surface area (Å²) >= 11 is 0. The molecular formula is C24H29N3O6S. The Bertz CT molecular complexity index is 1190. The molecule has 0 aliphatic carbocycles. The number of morpholine rings is 1. The van der Waals surface area contributed by atoms with Gasteiger partial charge < -0.3 is 19.7 Å². The van der Waals surface area contributed by atoms with Crippen molar-refractivity contribution < 1.29 is 27.5 Å². The number of para-hydroxylation sites is 1. The highest BCUT2D eigenvalue weighted by atomic mass is 32.2. The molecule has 0 bridgehead atoms. The number of hydrogen-bond donors (Lipinski definition) is 1. The quantitative estimate of drug-likeness (QED) is 0.672. The van der Waals surface area contributed by atoms with Crippen LogP contribution < -0.4 is 15.0 Å².